The third kappa shape index (κ3) is 2.78. The van der Waals surface area contributed by atoms with Crippen molar-refractivity contribution in [3.63, 3.8) is 0 Å². The van der Waals surface area contributed by atoms with Crippen molar-refractivity contribution < 1.29 is 4.79 Å². The molecule has 0 aromatic heterocycles. The molecule has 1 heterocycles. The lowest BCUT2D eigenvalue weighted by atomic mass is 10.1. The minimum absolute atomic E-state index is 0.186. The summed E-state index contributed by atoms with van der Waals surface area (Å²) in [7, 11) is 0. The molecule has 1 amide bonds. The Morgan fingerprint density at radius 2 is 1.71 bits per heavy atom. The first kappa shape index (κ1) is 12.0. The van der Waals surface area contributed by atoms with Gasteiger partial charge in [0.25, 0.3) is 0 Å². The predicted molar refractivity (Wildman–Crippen MR) is 70.3 cm³/mol. The molecular weight excluding hydrogens is 212 g/mol. The molecule has 1 aliphatic heterocycles. The minimum Gasteiger partial charge on any atom is -0.368 e. The van der Waals surface area contributed by atoms with Gasteiger partial charge in [0.2, 0.25) is 5.91 Å². The number of benzene rings is 1. The highest BCUT2D eigenvalue weighted by Crippen LogP contribution is 2.17. The molecule has 1 aromatic rings. The number of carbonyl (C=O) groups excluding carboxylic acids is 1. The van der Waals surface area contributed by atoms with E-state index < -0.39 is 0 Å². The Balaban J connectivity index is 1.97. The number of hydrogen-bond acceptors (Lipinski definition) is 2. The average molecular weight is 232 g/mol. The number of piperazine rings is 1. The fourth-order valence-electron chi connectivity index (χ4n) is 2.22. The van der Waals surface area contributed by atoms with E-state index in [2.05, 4.69) is 36.1 Å². The van der Waals surface area contributed by atoms with Crippen molar-refractivity contribution in [3.05, 3.63) is 29.8 Å². The summed E-state index contributed by atoms with van der Waals surface area (Å²) in [6, 6.07) is 8.74. The number of anilines is 1. The van der Waals surface area contributed by atoms with Gasteiger partial charge in [-0.05, 0) is 24.1 Å². The second-order valence-electron chi connectivity index (χ2n) is 4.51. The normalized spacial score (nSPS) is 16.1. The van der Waals surface area contributed by atoms with Gasteiger partial charge in [0.1, 0.15) is 0 Å². The first-order chi connectivity index (χ1) is 8.20. The van der Waals surface area contributed by atoms with Crippen LogP contribution in [-0.4, -0.2) is 37.0 Å². The van der Waals surface area contributed by atoms with Crippen LogP contribution in [0.3, 0.4) is 0 Å². The number of rotatable bonds is 2. The molecule has 0 bridgehead atoms. The van der Waals surface area contributed by atoms with Crippen LogP contribution in [-0.2, 0) is 11.2 Å². The minimum atomic E-state index is 0.186. The quantitative estimate of drug-likeness (QED) is 0.777. The van der Waals surface area contributed by atoms with Gasteiger partial charge in [-0.3, -0.25) is 4.79 Å². The molecule has 3 nitrogen and oxygen atoms in total. The molecule has 2 rings (SSSR count). The van der Waals surface area contributed by atoms with E-state index in [9.17, 15) is 4.79 Å². The summed E-state index contributed by atoms with van der Waals surface area (Å²) < 4.78 is 0. The Bertz CT molecular complexity index is 378. The van der Waals surface area contributed by atoms with Crippen molar-refractivity contribution >= 4 is 11.6 Å². The monoisotopic (exact) mass is 232 g/mol. The van der Waals surface area contributed by atoms with Crippen LogP contribution in [0.5, 0.6) is 0 Å². The Kier molecular flexibility index (Phi) is 3.67. The number of nitrogens with zero attached hydrogens (tertiary/aromatic N) is 2. The van der Waals surface area contributed by atoms with Crippen molar-refractivity contribution in [2.75, 3.05) is 31.1 Å². The molecule has 0 saturated carbocycles. The molecule has 92 valence electrons. The van der Waals surface area contributed by atoms with Crippen molar-refractivity contribution in [1.82, 2.24) is 4.90 Å². The number of aryl methyl sites for hydroxylation is 1. The number of hydrogen-bond donors (Lipinski definition) is 0. The van der Waals surface area contributed by atoms with E-state index in [0.717, 1.165) is 32.6 Å². The molecule has 0 unspecified atom stereocenters. The molecule has 1 aromatic carbocycles. The summed E-state index contributed by atoms with van der Waals surface area (Å²) in [6.07, 6.45) is 1.08. The number of carbonyl (C=O) groups is 1. The van der Waals surface area contributed by atoms with Gasteiger partial charge in [-0.15, -0.1) is 0 Å². The lowest BCUT2D eigenvalue weighted by Crippen LogP contribution is -2.48. The van der Waals surface area contributed by atoms with Crippen molar-refractivity contribution in [1.29, 1.82) is 0 Å². The molecule has 0 spiro atoms. The van der Waals surface area contributed by atoms with Crippen molar-refractivity contribution in [2.45, 2.75) is 20.3 Å². The van der Waals surface area contributed by atoms with Gasteiger partial charge >= 0.3 is 0 Å². The molecule has 1 saturated heterocycles. The summed E-state index contributed by atoms with van der Waals surface area (Å²) in [5.41, 5.74) is 2.64. The first-order valence-electron chi connectivity index (χ1n) is 6.30. The Morgan fingerprint density at radius 3 is 2.18 bits per heavy atom. The predicted octanol–water partition coefficient (Wildman–Crippen LogP) is 1.92. The van der Waals surface area contributed by atoms with Gasteiger partial charge in [-0.2, -0.15) is 0 Å². The van der Waals surface area contributed by atoms with Gasteiger partial charge in [0, 0.05) is 38.8 Å². The molecule has 17 heavy (non-hydrogen) atoms. The highest BCUT2D eigenvalue weighted by atomic mass is 16.2. The summed E-state index contributed by atoms with van der Waals surface area (Å²) in [6.45, 7) is 7.36. The molecule has 3 heteroatoms. The second kappa shape index (κ2) is 5.21. The Hall–Kier alpha value is -1.51. The molecule has 0 N–H and O–H groups in total. The summed E-state index contributed by atoms with van der Waals surface area (Å²) in [5, 5.41) is 0. The zero-order valence-corrected chi connectivity index (χ0v) is 10.6. The molecular formula is C14H20N2O. The van der Waals surface area contributed by atoms with Crippen LogP contribution in [0.25, 0.3) is 0 Å². The lowest BCUT2D eigenvalue weighted by molar-refractivity contribution is -0.129. The van der Waals surface area contributed by atoms with E-state index in [1.165, 1.54) is 11.3 Å². The maximum atomic E-state index is 11.2. The van der Waals surface area contributed by atoms with Gasteiger partial charge in [0.05, 0.1) is 0 Å². The summed E-state index contributed by atoms with van der Waals surface area (Å²) >= 11 is 0. The summed E-state index contributed by atoms with van der Waals surface area (Å²) in [5.74, 6) is 0.186. The topological polar surface area (TPSA) is 23.6 Å². The van der Waals surface area contributed by atoms with Gasteiger partial charge in [-0.1, -0.05) is 19.1 Å². The van der Waals surface area contributed by atoms with E-state index in [-0.39, 0.29) is 5.91 Å². The van der Waals surface area contributed by atoms with Crippen LogP contribution < -0.4 is 4.90 Å². The van der Waals surface area contributed by atoms with Crippen LogP contribution >= 0.6 is 0 Å². The lowest BCUT2D eigenvalue weighted by Gasteiger charge is -2.35. The maximum absolute atomic E-state index is 11.2. The molecule has 1 aliphatic rings. The van der Waals surface area contributed by atoms with E-state index in [4.69, 9.17) is 0 Å². The smallest absolute Gasteiger partial charge is 0.219 e. The van der Waals surface area contributed by atoms with Crippen LogP contribution in [0, 0.1) is 0 Å². The Labute approximate surface area is 103 Å². The highest BCUT2D eigenvalue weighted by Gasteiger charge is 2.18. The zero-order valence-electron chi connectivity index (χ0n) is 10.6. The SMILES string of the molecule is CCc1ccc(N2CCN(C(C)=O)CC2)cc1. The van der Waals surface area contributed by atoms with E-state index in [0.29, 0.717) is 0 Å². The van der Waals surface area contributed by atoms with Crippen molar-refractivity contribution in [3.8, 4) is 0 Å². The van der Waals surface area contributed by atoms with Gasteiger partial charge < -0.3 is 9.80 Å². The molecule has 0 atom stereocenters. The standard InChI is InChI=1S/C14H20N2O/c1-3-13-4-6-14(7-5-13)16-10-8-15(9-11-16)12(2)17/h4-7H,3,8-11H2,1-2H3. The fourth-order valence-corrected chi connectivity index (χ4v) is 2.22. The van der Waals surface area contributed by atoms with Crippen LogP contribution in [0.1, 0.15) is 19.4 Å². The van der Waals surface area contributed by atoms with Crippen LogP contribution in [0.15, 0.2) is 24.3 Å². The third-order valence-electron chi connectivity index (χ3n) is 3.43. The summed E-state index contributed by atoms with van der Waals surface area (Å²) in [4.78, 5) is 15.5. The van der Waals surface area contributed by atoms with E-state index in [1.54, 1.807) is 6.92 Å². The molecule has 1 fully saturated rings. The Morgan fingerprint density at radius 1 is 1.12 bits per heavy atom. The van der Waals surface area contributed by atoms with Gasteiger partial charge in [-0.25, -0.2) is 0 Å². The highest BCUT2D eigenvalue weighted by molar-refractivity contribution is 5.73. The van der Waals surface area contributed by atoms with Crippen LogP contribution in [0.4, 0.5) is 5.69 Å². The number of amides is 1. The van der Waals surface area contributed by atoms with Gasteiger partial charge in [0.15, 0.2) is 0 Å². The van der Waals surface area contributed by atoms with E-state index >= 15 is 0 Å². The average Bonchev–Trinajstić information content (AvgIpc) is 2.39. The van der Waals surface area contributed by atoms with Crippen molar-refractivity contribution in [2.24, 2.45) is 0 Å². The molecule has 0 aliphatic carbocycles. The van der Waals surface area contributed by atoms with Crippen LogP contribution in [0.2, 0.25) is 0 Å². The third-order valence-corrected chi connectivity index (χ3v) is 3.43. The van der Waals surface area contributed by atoms with E-state index in [1.807, 2.05) is 4.90 Å². The first-order valence-corrected chi connectivity index (χ1v) is 6.30. The molecule has 0 radical (unpaired) electrons. The maximum Gasteiger partial charge on any atom is 0.219 e. The zero-order chi connectivity index (χ0) is 12.3. The largest absolute Gasteiger partial charge is 0.368 e. The second-order valence-corrected chi connectivity index (χ2v) is 4.51. The fraction of sp³-hybridized carbons (Fsp3) is 0.500.